The number of nitrogens with zero attached hydrogens (tertiary/aromatic N) is 3. The Morgan fingerprint density at radius 3 is 2.74 bits per heavy atom. The summed E-state index contributed by atoms with van der Waals surface area (Å²) in [7, 11) is 1.68. The highest BCUT2D eigenvalue weighted by Gasteiger charge is 2.10. The normalized spacial score (nSPS) is 11.1. The molecule has 19 heavy (non-hydrogen) atoms. The average Bonchev–Trinajstić information content (AvgIpc) is 2.74. The third kappa shape index (κ3) is 1.85. The van der Waals surface area contributed by atoms with Crippen LogP contribution in [-0.4, -0.2) is 14.3 Å². The molecule has 3 aromatic rings. The van der Waals surface area contributed by atoms with Crippen molar-refractivity contribution in [2.75, 3.05) is 0 Å². The number of fused-ring (bicyclic) bond motifs is 1. The second kappa shape index (κ2) is 4.24. The minimum atomic E-state index is -0.210. The van der Waals surface area contributed by atoms with Gasteiger partial charge < -0.3 is 4.57 Å². The van der Waals surface area contributed by atoms with E-state index in [2.05, 4.69) is 5.10 Å². The Morgan fingerprint density at radius 1 is 1.26 bits per heavy atom. The van der Waals surface area contributed by atoms with Gasteiger partial charge in [-0.25, -0.2) is 4.68 Å². The van der Waals surface area contributed by atoms with Crippen LogP contribution < -0.4 is 5.56 Å². The minimum Gasteiger partial charge on any atom is -0.315 e. The van der Waals surface area contributed by atoms with Crippen LogP contribution in [0.4, 0.5) is 0 Å². The van der Waals surface area contributed by atoms with Crippen LogP contribution in [0, 0.1) is 6.92 Å². The van der Waals surface area contributed by atoms with Crippen LogP contribution in [0.25, 0.3) is 16.6 Å². The van der Waals surface area contributed by atoms with Gasteiger partial charge in [-0.05, 0) is 19.1 Å². The molecule has 0 fully saturated rings. The van der Waals surface area contributed by atoms with Gasteiger partial charge in [0.05, 0.1) is 16.9 Å². The molecule has 0 radical (unpaired) electrons. The van der Waals surface area contributed by atoms with Crippen LogP contribution >= 0.6 is 11.6 Å². The molecule has 0 bridgehead atoms. The molecular formula is C14H12ClN3O. The van der Waals surface area contributed by atoms with E-state index in [1.807, 2.05) is 31.2 Å². The topological polar surface area (TPSA) is 39.8 Å². The standard InChI is InChI=1S/C14H12ClN3O/c1-9-11-5-3-4-6-13(11)18(16-9)10-7-12(15)14(19)17(2)8-10/h3-8H,1-2H3. The molecule has 0 N–H and O–H groups in total. The van der Waals surface area contributed by atoms with Gasteiger partial charge in [0, 0.05) is 18.6 Å². The van der Waals surface area contributed by atoms with Crippen molar-refractivity contribution in [2.24, 2.45) is 7.05 Å². The molecule has 0 atom stereocenters. The first-order valence-corrected chi connectivity index (χ1v) is 6.26. The number of rotatable bonds is 1. The van der Waals surface area contributed by atoms with E-state index >= 15 is 0 Å². The largest absolute Gasteiger partial charge is 0.315 e. The number of aromatic nitrogens is 3. The zero-order valence-electron chi connectivity index (χ0n) is 10.6. The highest BCUT2D eigenvalue weighted by molar-refractivity contribution is 6.30. The SMILES string of the molecule is Cc1nn(-c2cc(Cl)c(=O)n(C)c2)c2ccccc12. The van der Waals surface area contributed by atoms with Crippen LogP contribution in [0.2, 0.25) is 5.02 Å². The predicted molar refractivity (Wildman–Crippen MR) is 76.1 cm³/mol. The van der Waals surface area contributed by atoms with E-state index in [0.717, 1.165) is 22.3 Å². The van der Waals surface area contributed by atoms with Crippen LogP contribution in [0.15, 0.2) is 41.3 Å². The number of pyridine rings is 1. The first-order chi connectivity index (χ1) is 9.08. The lowest BCUT2D eigenvalue weighted by Gasteiger charge is -2.06. The molecule has 0 aliphatic rings. The summed E-state index contributed by atoms with van der Waals surface area (Å²) in [4.78, 5) is 11.6. The van der Waals surface area contributed by atoms with E-state index in [0.29, 0.717) is 0 Å². The van der Waals surface area contributed by atoms with Crippen LogP contribution in [-0.2, 0) is 7.05 Å². The molecule has 0 saturated carbocycles. The molecule has 5 heteroatoms. The number of hydrogen-bond acceptors (Lipinski definition) is 2. The van der Waals surface area contributed by atoms with Crippen molar-refractivity contribution in [3.63, 3.8) is 0 Å². The molecular weight excluding hydrogens is 262 g/mol. The second-order valence-corrected chi connectivity index (χ2v) is 4.88. The molecule has 0 saturated heterocycles. The molecule has 0 amide bonds. The number of para-hydroxylation sites is 1. The van der Waals surface area contributed by atoms with Gasteiger partial charge in [0.2, 0.25) is 0 Å². The summed E-state index contributed by atoms with van der Waals surface area (Å²) >= 11 is 5.95. The third-order valence-electron chi connectivity index (χ3n) is 3.14. The fourth-order valence-corrected chi connectivity index (χ4v) is 2.43. The molecule has 4 nitrogen and oxygen atoms in total. The van der Waals surface area contributed by atoms with Crippen molar-refractivity contribution < 1.29 is 0 Å². The number of benzene rings is 1. The fourth-order valence-electron chi connectivity index (χ4n) is 2.19. The van der Waals surface area contributed by atoms with Gasteiger partial charge in [-0.3, -0.25) is 4.79 Å². The average molecular weight is 274 g/mol. The first kappa shape index (κ1) is 12.0. The molecule has 0 unspecified atom stereocenters. The lowest BCUT2D eigenvalue weighted by molar-refractivity contribution is 0.817. The Hall–Kier alpha value is -2.07. The van der Waals surface area contributed by atoms with E-state index in [1.54, 1.807) is 24.0 Å². The molecule has 2 aromatic heterocycles. The fraction of sp³-hybridized carbons (Fsp3) is 0.143. The van der Waals surface area contributed by atoms with Gasteiger partial charge in [0.1, 0.15) is 5.02 Å². The van der Waals surface area contributed by atoms with Gasteiger partial charge in [-0.15, -0.1) is 0 Å². The van der Waals surface area contributed by atoms with Crippen molar-refractivity contribution in [1.82, 2.24) is 14.3 Å². The summed E-state index contributed by atoms with van der Waals surface area (Å²) in [5.74, 6) is 0. The Kier molecular flexibility index (Phi) is 2.68. The van der Waals surface area contributed by atoms with Crippen LogP contribution in [0.5, 0.6) is 0 Å². The monoisotopic (exact) mass is 273 g/mol. The van der Waals surface area contributed by atoms with Gasteiger partial charge >= 0.3 is 0 Å². The van der Waals surface area contributed by atoms with E-state index in [1.165, 1.54) is 4.57 Å². The van der Waals surface area contributed by atoms with Gasteiger partial charge in [-0.2, -0.15) is 5.10 Å². The summed E-state index contributed by atoms with van der Waals surface area (Å²) in [6.45, 7) is 1.96. The molecule has 3 rings (SSSR count). The van der Waals surface area contributed by atoms with Gasteiger partial charge in [-0.1, -0.05) is 29.8 Å². The Labute approximate surface area is 114 Å². The summed E-state index contributed by atoms with van der Waals surface area (Å²) in [5, 5.41) is 5.80. The van der Waals surface area contributed by atoms with Crippen LogP contribution in [0.1, 0.15) is 5.69 Å². The lowest BCUT2D eigenvalue weighted by atomic mass is 10.2. The number of hydrogen-bond donors (Lipinski definition) is 0. The van der Waals surface area contributed by atoms with Gasteiger partial charge in [0.25, 0.3) is 5.56 Å². The lowest BCUT2D eigenvalue weighted by Crippen LogP contribution is -2.17. The molecule has 96 valence electrons. The second-order valence-electron chi connectivity index (χ2n) is 4.48. The zero-order chi connectivity index (χ0) is 13.6. The highest BCUT2D eigenvalue weighted by atomic mass is 35.5. The maximum Gasteiger partial charge on any atom is 0.269 e. The maximum absolute atomic E-state index is 11.6. The molecule has 2 heterocycles. The van der Waals surface area contributed by atoms with Crippen molar-refractivity contribution >= 4 is 22.5 Å². The van der Waals surface area contributed by atoms with E-state index < -0.39 is 0 Å². The third-order valence-corrected chi connectivity index (χ3v) is 3.41. The van der Waals surface area contributed by atoms with Crippen molar-refractivity contribution in [2.45, 2.75) is 6.92 Å². The molecule has 0 spiro atoms. The summed E-state index contributed by atoms with van der Waals surface area (Å²) in [5.41, 5.74) is 2.50. The molecule has 1 aromatic carbocycles. The van der Waals surface area contributed by atoms with Crippen LogP contribution in [0.3, 0.4) is 0 Å². The summed E-state index contributed by atoms with van der Waals surface area (Å²) < 4.78 is 3.26. The van der Waals surface area contributed by atoms with E-state index in [9.17, 15) is 4.79 Å². The molecule has 0 aliphatic carbocycles. The zero-order valence-corrected chi connectivity index (χ0v) is 11.3. The molecule has 0 aliphatic heterocycles. The van der Waals surface area contributed by atoms with Crippen molar-refractivity contribution in [3.8, 4) is 5.69 Å². The summed E-state index contributed by atoms with van der Waals surface area (Å²) in [6, 6.07) is 9.60. The van der Waals surface area contributed by atoms with E-state index in [-0.39, 0.29) is 10.6 Å². The Morgan fingerprint density at radius 2 is 2.00 bits per heavy atom. The Bertz CT molecular complexity index is 806. The quantitative estimate of drug-likeness (QED) is 0.684. The maximum atomic E-state index is 11.6. The van der Waals surface area contributed by atoms with Crippen molar-refractivity contribution in [3.05, 3.63) is 57.6 Å². The predicted octanol–water partition coefficient (Wildman–Crippen LogP) is 2.69. The smallest absolute Gasteiger partial charge is 0.269 e. The minimum absolute atomic E-state index is 0.192. The van der Waals surface area contributed by atoms with E-state index in [4.69, 9.17) is 11.6 Å². The van der Waals surface area contributed by atoms with Crippen molar-refractivity contribution in [1.29, 1.82) is 0 Å². The first-order valence-electron chi connectivity index (χ1n) is 5.89. The number of halogens is 1. The Balaban J connectivity index is 2.34. The van der Waals surface area contributed by atoms with Gasteiger partial charge in [0.15, 0.2) is 0 Å². The number of aryl methyl sites for hydroxylation is 2. The highest BCUT2D eigenvalue weighted by Crippen LogP contribution is 2.21. The summed E-state index contributed by atoms with van der Waals surface area (Å²) in [6.07, 6.45) is 1.73.